The van der Waals surface area contributed by atoms with Gasteiger partial charge in [-0.3, -0.25) is 19.8 Å². The fourth-order valence-electron chi connectivity index (χ4n) is 6.06. The molecule has 1 atom stereocenters. The third kappa shape index (κ3) is 5.61. The van der Waals surface area contributed by atoms with Gasteiger partial charge in [0.05, 0.1) is 33.2 Å². The Morgan fingerprint density at radius 2 is 1.79 bits per heavy atom. The van der Waals surface area contributed by atoms with E-state index in [2.05, 4.69) is 6.07 Å². The van der Waals surface area contributed by atoms with Gasteiger partial charge in [-0.15, -0.1) is 0 Å². The molecule has 3 aromatic carbocycles. The lowest BCUT2D eigenvalue weighted by Crippen LogP contribution is -2.42. The van der Waals surface area contributed by atoms with E-state index in [4.69, 9.17) is 22.1 Å². The Balaban J connectivity index is 1.67. The highest BCUT2D eigenvalue weighted by Gasteiger charge is 2.45. The Kier molecular flexibility index (Phi) is 7.80. The number of nitrogens with zero attached hydrogens (tertiary/aromatic N) is 3. The van der Waals surface area contributed by atoms with Gasteiger partial charge in [0.25, 0.3) is 5.69 Å². The van der Waals surface area contributed by atoms with Crippen LogP contribution in [-0.4, -0.2) is 10.7 Å². The maximum Gasteiger partial charge on any atom is 0.271 e. The zero-order valence-corrected chi connectivity index (χ0v) is 25.6. The number of ketones is 1. The lowest BCUT2D eigenvalue weighted by Gasteiger charge is -2.44. The van der Waals surface area contributed by atoms with Gasteiger partial charge in [-0.05, 0) is 73.1 Å². The van der Waals surface area contributed by atoms with Crippen molar-refractivity contribution in [1.82, 2.24) is 0 Å². The van der Waals surface area contributed by atoms with Gasteiger partial charge in [-0.25, -0.2) is 0 Å². The van der Waals surface area contributed by atoms with Crippen molar-refractivity contribution in [2.45, 2.75) is 60.0 Å². The third-order valence-corrected chi connectivity index (χ3v) is 8.52. The van der Waals surface area contributed by atoms with E-state index in [-0.39, 0.29) is 33.3 Å². The molecule has 0 fully saturated rings. The Bertz CT molecular complexity index is 1770. The Morgan fingerprint density at radius 1 is 1.09 bits per heavy atom. The highest BCUT2D eigenvalue weighted by atomic mass is 35.5. The van der Waals surface area contributed by atoms with Crippen LogP contribution in [0.1, 0.15) is 60.4 Å². The lowest BCUT2D eigenvalue weighted by atomic mass is 9.68. The van der Waals surface area contributed by atoms with Gasteiger partial charge >= 0.3 is 0 Å². The van der Waals surface area contributed by atoms with Crippen molar-refractivity contribution in [3.63, 3.8) is 0 Å². The Labute approximate surface area is 256 Å². The third-order valence-electron chi connectivity index (χ3n) is 8.21. The number of allylic oxidation sites excluding steroid dienone is 3. The number of nitro benzene ring substituents is 1. The SMILES string of the molecule is Cc1ccc(OCc2cc(C3C(C#N)=C(N)N(c4ccc([N+](=O)[O-])cc4Cl)C4=C3C(=O)CC(C)(C)C4)c(C)cc2C)cc1. The first kappa shape index (κ1) is 29.9. The minimum atomic E-state index is -0.685. The number of halogens is 1. The first-order valence-electron chi connectivity index (χ1n) is 14.0. The number of Topliss-reactive ketones (excluding diaryl/α,β-unsaturated/α-hetero) is 1. The van der Waals surface area contributed by atoms with Crippen LogP contribution in [0.5, 0.6) is 5.75 Å². The predicted octanol–water partition coefficient (Wildman–Crippen LogP) is 7.69. The van der Waals surface area contributed by atoms with Crippen molar-refractivity contribution < 1.29 is 14.5 Å². The van der Waals surface area contributed by atoms with E-state index in [0.29, 0.717) is 36.4 Å². The van der Waals surface area contributed by atoms with Gasteiger partial charge in [-0.1, -0.05) is 55.3 Å². The zero-order chi connectivity index (χ0) is 31.2. The second-order valence-electron chi connectivity index (χ2n) is 12.1. The number of non-ortho nitro benzene ring substituents is 1. The second kappa shape index (κ2) is 11.2. The molecule has 0 saturated heterocycles. The quantitative estimate of drug-likeness (QED) is 0.228. The van der Waals surface area contributed by atoms with Crippen LogP contribution >= 0.6 is 11.6 Å². The molecular formula is C34H33ClN4O4. The summed E-state index contributed by atoms with van der Waals surface area (Å²) in [6.07, 6.45) is 0.794. The summed E-state index contributed by atoms with van der Waals surface area (Å²) in [5, 5.41) is 22.0. The van der Waals surface area contributed by atoms with Crippen molar-refractivity contribution in [2.75, 3.05) is 4.90 Å². The first-order chi connectivity index (χ1) is 20.3. The molecule has 2 N–H and O–H groups in total. The molecule has 1 aliphatic carbocycles. The van der Waals surface area contributed by atoms with E-state index in [9.17, 15) is 20.2 Å². The van der Waals surface area contributed by atoms with Crippen LogP contribution in [0.4, 0.5) is 11.4 Å². The van der Waals surface area contributed by atoms with Crippen molar-refractivity contribution in [1.29, 1.82) is 5.26 Å². The maximum atomic E-state index is 14.0. The molecule has 8 nitrogen and oxygen atoms in total. The van der Waals surface area contributed by atoms with Gasteiger partial charge in [0.1, 0.15) is 18.2 Å². The fraction of sp³-hybridized carbons (Fsp3) is 0.294. The molecule has 1 unspecified atom stereocenters. The molecule has 43 heavy (non-hydrogen) atoms. The van der Waals surface area contributed by atoms with Crippen molar-refractivity contribution >= 4 is 28.8 Å². The monoisotopic (exact) mass is 596 g/mol. The van der Waals surface area contributed by atoms with E-state index in [1.165, 1.54) is 18.2 Å². The second-order valence-corrected chi connectivity index (χ2v) is 12.5. The molecule has 0 amide bonds. The van der Waals surface area contributed by atoms with Crippen LogP contribution in [-0.2, 0) is 11.4 Å². The summed E-state index contributed by atoms with van der Waals surface area (Å²) in [5.74, 6) is 0.134. The van der Waals surface area contributed by atoms with Gasteiger partial charge in [-0.2, -0.15) is 5.26 Å². The first-order valence-corrected chi connectivity index (χ1v) is 14.4. The van der Waals surface area contributed by atoms with E-state index >= 15 is 0 Å². The highest BCUT2D eigenvalue weighted by Crippen LogP contribution is 2.51. The van der Waals surface area contributed by atoms with Crippen LogP contribution in [0.15, 0.2) is 77.3 Å². The molecule has 1 aliphatic heterocycles. The van der Waals surface area contributed by atoms with Gasteiger partial charge < -0.3 is 10.5 Å². The van der Waals surface area contributed by atoms with Crippen LogP contribution in [0.25, 0.3) is 0 Å². The van der Waals surface area contributed by atoms with Crippen molar-refractivity contribution in [3.8, 4) is 11.8 Å². The number of nitro groups is 1. The molecule has 2 aliphatic rings. The number of hydrogen-bond donors (Lipinski definition) is 1. The Morgan fingerprint density at radius 3 is 2.42 bits per heavy atom. The molecule has 9 heteroatoms. The minimum Gasteiger partial charge on any atom is -0.489 e. The molecule has 0 spiro atoms. The summed E-state index contributed by atoms with van der Waals surface area (Å²) in [6, 6.07) is 18.3. The zero-order valence-electron chi connectivity index (χ0n) is 24.8. The number of rotatable bonds is 6. The molecule has 1 heterocycles. The number of benzene rings is 3. The summed E-state index contributed by atoms with van der Waals surface area (Å²) in [6.45, 7) is 10.3. The largest absolute Gasteiger partial charge is 0.489 e. The van der Waals surface area contributed by atoms with E-state index in [1.54, 1.807) is 4.90 Å². The number of hydrogen-bond acceptors (Lipinski definition) is 7. The number of carbonyl (C=O) groups excluding carboxylic acids is 1. The summed E-state index contributed by atoms with van der Waals surface area (Å²) in [4.78, 5) is 26.5. The molecule has 5 rings (SSSR count). The number of aryl methyl sites for hydroxylation is 3. The normalized spacial score (nSPS) is 17.9. The number of anilines is 1. The van der Waals surface area contributed by atoms with Gasteiger partial charge in [0.2, 0.25) is 0 Å². The van der Waals surface area contributed by atoms with E-state index in [1.807, 2.05) is 71.0 Å². The number of ether oxygens (including phenoxy) is 1. The summed E-state index contributed by atoms with van der Waals surface area (Å²) in [5.41, 5.74) is 12.8. The molecule has 3 aromatic rings. The summed E-state index contributed by atoms with van der Waals surface area (Å²) in [7, 11) is 0. The lowest BCUT2D eigenvalue weighted by molar-refractivity contribution is -0.384. The van der Waals surface area contributed by atoms with Gasteiger partial charge in [0, 0.05) is 29.8 Å². The van der Waals surface area contributed by atoms with Gasteiger partial charge in [0.15, 0.2) is 5.78 Å². The van der Waals surface area contributed by atoms with Crippen molar-refractivity contribution in [2.24, 2.45) is 11.1 Å². The summed E-state index contributed by atoms with van der Waals surface area (Å²) >= 11 is 6.58. The molecule has 0 aromatic heterocycles. The number of nitrogens with two attached hydrogens (primary N) is 1. The van der Waals surface area contributed by atoms with E-state index < -0.39 is 10.8 Å². The average Bonchev–Trinajstić information content (AvgIpc) is 2.93. The molecular weight excluding hydrogens is 564 g/mol. The number of nitriles is 1. The molecule has 0 bridgehead atoms. The molecule has 0 radical (unpaired) electrons. The number of carbonyl (C=O) groups is 1. The minimum absolute atomic E-state index is 0.0723. The average molecular weight is 597 g/mol. The van der Waals surface area contributed by atoms with Crippen LogP contribution in [0.2, 0.25) is 5.02 Å². The topological polar surface area (TPSA) is 122 Å². The van der Waals surface area contributed by atoms with Crippen LogP contribution in [0, 0.1) is 47.6 Å². The molecule has 0 saturated carbocycles. The standard InChI is InChI=1S/C34H33ClN4O4/c1-19-6-9-24(10-7-19)43-18-22-13-25(21(3)12-20(22)2)31-26(17-36)33(37)38(28-11-8-23(39(41)42)14-27(28)35)29-15-34(4,5)16-30(40)32(29)31/h6-14,31H,15-16,18,37H2,1-5H3. The highest BCUT2D eigenvalue weighted by molar-refractivity contribution is 6.33. The summed E-state index contributed by atoms with van der Waals surface area (Å²) < 4.78 is 6.10. The van der Waals surface area contributed by atoms with E-state index in [0.717, 1.165) is 33.6 Å². The van der Waals surface area contributed by atoms with Crippen LogP contribution < -0.4 is 15.4 Å². The molecule has 220 valence electrons. The Hall–Kier alpha value is -4.61. The van der Waals surface area contributed by atoms with Crippen LogP contribution in [0.3, 0.4) is 0 Å². The maximum absolute atomic E-state index is 14.0. The van der Waals surface area contributed by atoms with Crippen molar-refractivity contribution in [3.05, 3.63) is 120 Å². The predicted molar refractivity (Wildman–Crippen MR) is 167 cm³/mol. The fourth-order valence-corrected chi connectivity index (χ4v) is 6.32. The smallest absolute Gasteiger partial charge is 0.271 e.